The summed E-state index contributed by atoms with van der Waals surface area (Å²) in [6.45, 7) is 4.70. The lowest BCUT2D eigenvalue weighted by Gasteiger charge is -2.29. The summed E-state index contributed by atoms with van der Waals surface area (Å²) in [6.07, 6.45) is 0. The van der Waals surface area contributed by atoms with E-state index in [2.05, 4.69) is 195 Å². The molecule has 0 N–H and O–H groups in total. The molecule has 51 heavy (non-hydrogen) atoms. The predicted octanol–water partition coefficient (Wildman–Crippen LogP) is 14.3. The minimum Gasteiger partial charge on any atom is -0.309 e. The zero-order valence-corrected chi connectivity index (χ0v) is 29.4. The molecule has 0 atom stereocenters. The Morgan fingerprint density at radius 1 is 0.412 bits per heavy atom. The largest absolute Gasteiger partial charge is 0.309 e. The van der Waals surface area contributed by atoms with Gasteiger partial charge in [-0.25, -0.2) is 0 Å². The summed E-state index contributed by atoms with van der Waals surface area (Å²) in [4.78, 5) is 2.44. The normalized spacial score (nSPS) is 13.1. The van der Waals surface area contributed by atoms with Gasteiger partial charge in [0, 0.05) is 42.2 Å². The molecule has 0 aliphatic heterocycles. The van der Waals surface area contributed by atoms with E-state index < -0.39 is 0 Å². The number of hydrogen-bond acceptors (Lipinski definition) is 2. The van der Waals surface area contributed by atoms with Crippen LogP contribution in [-0.2, 0) is 5.41 Å². The second kappa shape index (κ2) is 11.6. The lowest BCUT2D eigenvalue weighted by Crippen LogP contribution is -2.14. The lowest BCUT2D eigenvalue weighted by molar-refractivity contribution is 0.660. The van der Waals surface area contributed by atoms with E-state index in [4.69, 9.17) is 0 Å². The molecule has 1 aliphatic rings. The molecule has 1 aliphatic carbocycles. The smallest absolute Gasteiger partial charge is 0.0540 e. The number of thiophene rings is 1. The highest BCUT2D eigenvalue weighted by Gasteiger charge is 2.35. The van der Waals surface area contributed by atoms with Crippen LogP contribution in [-0.4, -0.2) is 0 Å². The van der Waals surface area contributed by atoms with Crippen molar-refractivity contribution in [1.29, 1.82) is 0 Å². The minimum absolute atomic E-state index is 0.0327. The third-order valence-electron chi connectivity index (χ3n) is 10.9. The van der Waals surface area contributed by atoms with Gasteiger partial charge in [0.05, 0.1) is 11.4 Å². The highest BCUT2D eigenvalue weighted by molar-refractivity contribution is 7.25. The van der Waals surface area contributed by atoms with Crippen LogP contribution in [0.5, 0.6) is 0 Å². The van der Waals surface area contributed by atoms with Gasteiger partial charge < -0.3 is 4.90 Å². The summed E-state index contributed by atoms with van der Waals surface area (Å²) in [5, 5.41) is 5.07. The molecule has 1 heterocycles. The molecule has 8 aromatic carbocycles. The Balaban J connectivity index is 1.12. The number of fused-ring (bicyclic) bond motifs is 7. The molecule has 0 saturated heterocycles. The van der Waals surface area contributed by atoms with Crippen LogP contribution < -0.4 is 4.90 Å². The molecule has 0 spiro atoms. The van der Waals surface area contributed by atoms with Crippen molar-refractivity contribution in [3.63, 3.8) is 0 Å². The highest BCUT2D eigenvalue weighted by Crippen LogP contribution is 2.50. The van der Waals surface area contributed by atoms with Gasteiger partial charge in [-0.2, -0.15) is 0 Å². The monoisotopic (exact) mass is 669 g/mol. The van der Waals surface area contributed by atoms with Crippen LogP contribution in [0.4, 0.5) is 17.1 Å². The van der Waals surface area contributed by atoms with Gasteiger partial charge >= 0.3 is 0 Å². The first kappa shape index (κ1) is 29.9. The molecule has 242 valence electrons. The van der Waals surface area contributed by atoms with E-state index in [1.165, 1.54) is 75.5 Å². The first-order valence-corrected chi connectivity index (χ1v) is 18.5. The Morgan fingerprint density at radius 2 is 1.04 bits per heavy atom. The molecule has 0 radical (unpaired) electrons. The number of hydrogen-bond donors (Lipinski definition) is 0. The van der Waals surface area contributed by atoms with Crippen LogP contribution in [0.2, 0.25) is 0 Å². The number of benzene rings is 8. The molecular weight excluding hydrogens is 635 g/mol. The van der Waals surface area contributed by atoms with Crippen molar-refractivity contribution < 1.29 is 0 Å². The zero-order chi connectivity index (χ0) is 34.1. The van der Waals surface area contributed by atoms with Crippen LogP contribution in [0.15, 0.2) is 176 Å². The Labute approximate surface area is 302 Å². The third kappa shape index (κ3) is 4.75. The molecule has 2 heteroatoms. The standard InChI is InChI=1S/C49H35NS/c1-49(2)43-18-8-5-16-39(43)40-28-24-34(31-44(40)49)32-22-26-36(27-23-32)50(46-20-11-13-33-12-3-4-14-37(33)46)45-19-9-6-15-38(45)35-25-29-48-42(30-35)41-17-7-10-21-47(41)51-48/h3-31H,1-2H3. The van der Waals surface area contributed by atoms with Gasteiger partial charge in [0.25, 0.3) is 0 Å². The first-order chi connectivity index (χ1) is 25.0. The van der Waals surface area contributed by atoms with Gasteiger partial charge in [-0.15, -0.1) is 11.3 Å². The Morgan fingerprint density at radius 3 is 1.92 bits per heavy atom. The molecular formula is C49H35NS. The number of anilines is 3. The van der Waals surface area contributed by atoms with Gasteiger partial charge in [-0.1, -0.05) is 141 Å². The van der Waals surface area contributed by atoms with Crippen molar-refractivity contribution in [2.24, 2.45) is 0 Å². The first-order valence-electron chi connectivity index (χ1n) is 17.7. The Bertz CT molecular complexity index is 2780. The van der Waals surface area contributed by atoms with Crippen molar-refractivity contribution in [2.75, 3.05) is 4.90 Å². The summed E-state index contributed by atoms with van der Waals surface area (Å²) in [5.41, 5.74) is 13.8. The molecule has 9 aromatic rings. The summed E-state index contributed by atoms with van der Waals surface area (Å²) >= 11 is 1.86. The van der Waals surface area contributed by atoms with E-state index in [0.29, 0.717) is 0 Å². The van der Waals surface area contributed by atoms with Crippen molar-refractivity contribution in [3.05, 3.63) is 187 Å². The second-order valence-electron chi connectivity index (χ2n) is 14.1. The number of nitrogens with zero attached hydrogens (tertiary/aromatic N) is 1. The molecule has 1 nitrogen and oxygen atoms in total. The van der Waals surface area contributed by atoms with E-state index in [1.807, 2.05) is 11.3 Å². The van der Waals surface area contributed by atoms with E-state index in [0.717, 1.165) is 17.1 Å². The molecule has 1 aromatic heterocycles. The number of para-hydroxylation sites is 1. The fourth-order valence-corrected chi connectivity index (χ4v) is 9.39. The Hall–Kier alpha value is -5.96. The fraction of sp³-hybridized carbons (Fsp3) is 0.0612. The Kier molecular flexibility index (Phi) is 6.78. The average Bonchev–Trinajstić information content (AvgIpc) is 3.67. The SMILES string of the molecule is CC1(C)c2ccccc2-c2ccc(-c3ccc(N(c4ccccc4-c4ccc5sc6ccccc6c5c4)c4cccc5ccccc45)cc3)cc21. The topological polar surface area (TPSA) is 3.24 Å². The van der Waals surface area contributed by atoms with Crippen LogP contribution in [0, 0.1) is 0 Å². The van der Waals surface area contributed by atoms with Gasteiger partial charge in [0.1, 0.15) is 0 Å². The van der Waals surface area contributed by atoms with Crippen LogP contribution in [0.3, 0.4) is 0 Å². The van der Waals surface area contributed by atoms with Gasteiger partial charge in [-0.3, -0.25) is 0 Å². The maximum absolute atomic E-state index is 2.44. The van der Waals surface area contributed by atoms with Crippen LogP contribution in [0.1, 0.15) is 25.0 Å². The highest BCUT2D eigenvalue weighted by atomic mass is 32.1. The van der Waals surface area contributed by atoms with Crippen molar-refractivity contribution in [1.82, 2.24) is 0 Å². The minimum atomic E-state index is -0.0327. The zero-order valence-electron chi connectivity index (χ0n) is 28.6. The van der Waals surface area contributed by atoms with Crippen molar-refractivity contribution in [2.45, 2.75) is 19.3 Å². The third-order valence-corrected chi connectivity index (χ3v) is 12.0. The maximum Gasteiger partial charge on any atom is 0.0540 e. The molecule has 0 bridgehead atoms. The quantitative estimate of drug-likeness (QED) is 0.176. The molecule has 10 rings (SSSR count). The summed E-state index contributed by atoms with van der Waals surface area (Å²) in [5.74, 6) is 0. The van der Waals surface area contributed by atoms with Gasteiger partial charge in [-0.05, 0) is 92.9 Å². The molecule has 0 saturated carbocycles. The molecule has 0 unspecified atom stereocenters. The van der Waals surface area contributed by atoms with E-state index >= 15 is 0 Å². The average molecular weight is 670 g/mol. The van der Waals surface area contributed by atoms with E-state index in [-0.39, 0.29) is 5.41 Å². The summed E-state index contributed by atoms with van der Waals surface area (Å²) in [6, 6.07) is 64.9. The molecule has 0 fully saturated rings. The van der Waals surface area contributed by atoms with E-state index in [1.54, 1.807) is 0 Å². The molecule has 0 amide bonds. The van der Waals surface area contributed by atoms with Crippen molar-refractivity contribution >= 4 is 59.3 Å². The number of rotatable bonds is 5. The lowest BCUT2D eigenvalue weighted by atomic mass is 9.81. The fourth-order valence-electron chi connectivity index (χ4n) is 8.30. The van der Waals surface area contributed by atoms with Gasteiger partial charge in [0.2, 0.25) is 0 Å². The maximum atomic E-state index is 2.44. The summed E-state index contributed by atoms with van der Waals surface area (Å²) in [7, 11) is 0. The van der Waals surface area contributed by atoms with E-state index in [9.17, 15) is 0 Å². The van der Waals surface area contributed by atoms with Crippen molar-refractivity contribution in [3.8, 4) is 33.4 Å². The van der Waals surface area contributed by atoms with Gasteiger partial charge in [0.15, 0.2) is 0 Å². The second-order valence-corrected chi connectivity index (χ2v) is 15.2. The van der Waals surface area contributed by atoms with Crippen LogP contribution in [0.25, 0.3) is 64.3 Å². The van der Waals surface area contributed by atoms with Crippen LogP contribution >= 0.6 is 11.3 Å². The predicted molar refractivity (Wildman–Crippen MR) is 220 cm³/mol. The summed E-state index contributed by atoms with van der Waals surface area (Å²) < 4.78 is 2.64.